The average molecular weight is 210 g/mol. The van der Waals surface area contributed by atoms with Gasteiger partial charge in [0.25, 0.3) is 0 Å². The van der Waals surface area contributed by atoms with Crippen molar-refractivity contribution >= 4 is 11.6 Å². The molecular formula is C12H16ClN. The van der Waals surface area contributed by atoms with E-state index in [9.17, 15) is 0 Å². The molecule has 0 saturated heterocycles. The van der Waals surface area contributed by atoms with Gasteiger partial charge in [-0.3, -0.25) is 4.90 Å². The van der Waals surface area contributed by atoms with E-state index in [4.69, 9.17) is 11.6 Å². The minimum atomic E-state index is 0.792. The van der Waals surface area contributed by atoms with Gasteiger partial charge in [-0.05, 0) is 30.5 Å². The molecule has 1 aromatic rings. The highest BCUT2D eigenvalue weighted by atomic mass is 35.5. The fourth-order valence-electron chi connectivity index (χ4n) is 1.99. The van der Waals surface area contributed by atoms with Crippen LogP contribution in [0.5, 0.6) is 0 Å². The fourth-order valence-corrected chi connectivity index (χ4v) is 2.18. The molecule has 0 saturated carbocycles. The van der Waals surface area contributed by atoms with Crippen LogP contribution in [0.1, 0.15) is 24.0 Å². The topological polar surface area (TPSA) is 3.24 Å². The molecular weight excluding hydrogens is 194 g/mol. The van der Waals surface area contributed by atoms with E-state index in [2.05, 4.69) is 29.2 Å². The third kappa shape index (κ3) is 2.28. The Labute approximate surface area is 90.7 Å². The van der Waals surface area contributed by atoms with Crippen LogP contribution in [0.4, 0.5) is 0 Å². The van der Waals surface area contributed by atoms with Gasteiger partial charge < -0.3 is 0 Å². The van der Waals surface area contributed by atoms with Crippen LogP contribution in [0.15, 0.2) is 24.3 Å². The van der Waals surface area contributed by atoms with E-state index in [1.807, 2.05) is 0 Å². The first-order valence-electron chi connectivity index (χ1n) is 5.25. The summed E-state index contributed by atoms with van der Waals surface area (Å²) in [5.41, 5.74) is 3.00. The summed E-state index contributed by atoms with van der Waals surface area (Å²) in [6, 6.07) is 8.72. The monoisotopic (exact) mass is 209 g/mol. The van der Waals surface area contributed by atoms with E-state index in [1.165, 1.54) is 24.1 Å². The zero-order chi connectivity index (χ0) is 9.80. The van der Waals surface area contributed by atoms with Gasteiger partial charge in [-0.25, -0.2) is 0 Å². The summed E-state index contributed by atoms with van der Waals surface area (Å²) in [6.45, 7) is 3.43. The number of alkyl halides is 1. The number of unbranched alkanes of at least 4 members (excludes halogenated alkanes) is 1. The molecule has 0 fully saturated rings. The Balaban J connectivity index is 1.86. The quantitative estimate of drug-likeness (QED) is 0.544. The van der Waals surface area contributed by atoms with Crippen LogP contribution in [-0.2, 0) is 13.1 Å². The van der Waals surface area contributed by atoms with E-state index >= 15 is 0 Å². The molecule has 0 aromatic heterocycles. The SMILES string of the molecule is ClCCCCN1Cc2ccccc2C1. The second-order valence-electron chi connectivity index (χ2n) is 3.88. The predicted molar refractivity (Wildman–Crippen MR) is 60.5 cm³/mol. The van der Waals surface area contributed by atoms with Crippen LogP contribution in [0.2, 0.25) is 0 Å². The van der Waals surface area contributed by atoms with Crippen molar-refractivity contribution in [3.63, 3.8) is 0 Å². The summed E-state index contributed by atoms with van der Waals surface area (Å²) in [5, 5.41) is 0. The average Bonchev–Trinajstić information content (AvgIpc) is 2.60. The maximum atomic E-state index is 5.66. The van der Waals surface area contributed by atoms with Gasteiger partial charge in [0.05, 0.1) is 0 Å². The van der Waals surface area contributed by atoms with Crippen LogP contribution < -0.4 is 0 Å². The number of hydrogen-bond donors (Lipinski definition) is 0. The highest BCUT2D eigenvalue weighted by Crippen LogP contribution is 2.22. The van der Waals surface area contributed by atoms with Crippen molar-refractivity contribution in [3.05, 3.63) is 35.4 Å². The second kappa shape index (κ2) is 4.81. The molecule has 0 aliphatic carbocycles. The zero-order valence-corrected chi connectivity index (χ0v) is 9.13. The van der Waals surface area contributed by atoms with Crippen LogP contribution in [0, 0.1) is 0 Å². The van der Waals surface area contributed by atoms with Crippen molar-refractivity contribution in [1.82, 2.24) is 4.90 Å². The number of rotatable bonds is 4. The van der Waals surface area contributed by atoms with E-state index in [0.717, 1.165) is 25.4 Å². The van der Waals surface area contributed by atoms with Crippen molar-refractivity contribution in [2.75, 3.05) is 12.4 Å². The minimum absolute atomic E-state index is 0.792. The van der Waals surface area contributed by atoms with Gasteiger partial charge in [-0.1, -0.05) is 24.3 Å². The van der Waals surface area contributed by atoms with Gasteiger partial charge in [0.2, 0.25) is 0 Å². The molecule has 2 heteroatoms. The van der Waals surface area contributed by atoms with E-state index < -0.39 is 0 Å². The Hall–Kier alpha value is -0.530. The number of nitrogens with zero attached hydrogens (tertiary/aromatic N) is 1. The lowest BCUT2D eigenvalue weighted by Crippen LogP contribution is -2.17. The maximum Gasteiger partial charge on any atom is 0.0240 e. The Kier molecular flexibility index (Phi) is 3.44. The molecule has 0 spiro atoms. The fraction of sp³-hybridized carbons (Fsp3) is 0.500. The number of hydrogen-bond acceptors (Lipinski definition) is 1. The first kappa shape index (κ1) is 10.0. The summed E-state index contributed by atoms with van der Waals surface area (Å²) in [4.78, 5) is 2.50. The lowest BCUT2D eigenvalue weighted by Gasteiger charge is -2.13. The smallest absolute Gasteiger partial charge is 0.0240 e. The molecule has 1 aromatic carbocycles. The van der Waals surface area contributed by atoms with Crippen molar-refractivity contribution in [2.24, 2.45) is 0 Å². The van der Waals surface area contributed by atoms with E-state index in [0.29, 0.717) is 0 Å². The summed E-state index contributed by atoms with van der Waals surface area (Å²) in [7, 11) is 0. The van der Waals surface area contributed by atoms with Gasteiger partial charge in [0, 0.05) is 19.0 Å². The van der Waals surface area contributed by atoms with Gasteiger partial charge in [0.15, 0.2) is 0 Å². The third-order valence-electron chi connectivity index (χ3n) is 2.76. The molecule has 2 rings (SSSR count). The molecule has 14 heavy (non-hydrogen) atoms. The van der Waals surface area contributed by atoms with Gasteiger partial charge >= 0.3 is 0 Å². The van der Waals surface area contributed by atoms with Crippen molar-refractivity contribution in [1.29, 1.82) is 0 Å². The Bertz CT molecular complexity index is 273. The maximum absolute atomic E-state index is 5.66. The number of fused-ring (bicyclic) bond motifs is 1. The highest BCUT2D eigenvalue weighted by molar-refractivity contribution is 6.17. The third-order valence-corrected chi connectivity index (χ3v) is 3.03. The summed E-state index contributed by atoms with van der Waals surface area (Å²) in [5.74, 6) is 0.792. The van der Waals surface area contributed by atoms with Crippen LogP contribution in [0.25, 0.3) is 0 Å². The van der Waals surface area contributed by atoms with Crippen LogP contribution in [-0.4, -0.2) is 17.3 Å². The molecule has 0 unspecified atom stereocenters. The van der Waals surface area contributed by atoms with E-state index in [1.54, 1.807) is 0 Å². The van der Waals surface area contributed by atoms with Crippen LogP contribution >= 0.6 is 11.6 Å². The molecule has 0 amide bonds. The highest BCUT2D eigenvalue weighted by Gasteiger charge is 2.16. The zero-order valence-electron chi connectivity index (χ0n) is 8.38. The molecule has 1 aliphatic heterocycles. The summed E-state index contributed by atoms with van der Waals surface area (Å²) in [6.07, 6.45) is 2.35. The molecule has 76 valence electrons. The lowest BCUT2D eigenvalue weighted by molar-refractivity contribution is 0.279. The second-order valence-corrected chi connectivity index (χ2v) is 4.25. The van der Waals surface area contributed by atoms with Gasteiger partial charge in [0.1, 0.15) is 0 Å². The molecule has 0 radical (unpaired) electrons. The molecule has 1 aliphatic rings. The molecule has 0 atom stereocenters. The first-order valence-corrected chi connectivity index (χ1v) is 5.78. The predicted octanol–water partition coefficient (Wildman–Crippen LogP) is 3.02. The summed E-state index contributed by atoms with van der Waals surface area (Å²) >= 11 is 5.66. The minimum Gasteiger partial charge on any atom is -0.295 e. The van der Waals surface area contributed by atoms with Crippen LogP contribution in [0.3, 0.4) is 0 Å². The Morgan fingerprint density at radius 2 is 1.71 bits per heavy atom. The largest absolute Gasteiger partial charge is 0.295 e. The molecule has 0 bridgehead atoms. The van der Waals surface area contributed by atoms with E-state index in [-0.39, 0.29) is 0 Å². The number of benzene rings is 1. The molecule has 1 nitrogen and oxygen atoms in total. The van der Waals surface area contributed by atoms with Crippen molar-refractivity contribution in [3.8, 4) is 0 Å². The van der Waals surface area contributed by atoms with Crippen molar-refractivity contribution in [2.45, 2.75) is 25.9 Å². The molecule has 0 N–H and O–H groups in total. The van der Waals surface area contributed by atoms with Crippen molar-refractivity contribution < 1.29 is 0 Å². The lowest BCUT2D eigenvalue weighted by atomic mass is 10.1. The normalized spacial score (nSPS) is 15.8. The Morgan fingerprint density at radius 3 is 2.29 bits per heavy atom. The molecule has 1 heterocycles. The first-order chi connectivity index (χ1) is 6.90. The van der Waals surface area contributed by atoms with Gasteiger partial charge in [-0.15, -0.1) is 11.6 Å². The summed E-state index contributed by atoms with van der Waals surface area (Å²) < 4.78 is 0. The standard InChI is InChI=1S/C12H16ClN/c13-7-3-4-8-14-9-11-5-1-2-6-12(11)10-14/h1-2,5-6H,3-4,7-10H2. The number of halogens is 1. The van der Waals surface area contributed by atoms with Gasteiger partial charge in [-0.2, -0.15) is 0 Å². The Morgan fingerprint density at radius 1 is 1.07 bits per heavy atom.